The lowest BCUT2D eigenvalue weighted by Crippen LogP contribution is -2.50. The van der Waals surface area contributed by atoms with Crippen molar-refractivity contribution >= 4 is 17.9 Å². The number of allylic oxidation sites excluding steroid dienone is 14. The van der Waals surface area contributed by atoms with Crippen molar-refractivity contribution < 1.29 is 38.2 Å². The Hall–Kier alpha value is -3.49. The minimum atomic E-state index is -0.882. The summed E-state index contributed by atoms with van der Waals surface area (Å²) in [6.45, 7) is 4.52. The second-order valence-corrected chi connectivity index (χ2v) is 17.8. The van der Waals surface area contributed by atoms with Gasteiger partial charge >= 0.3 is 17.9 Å². The summed E-state index contributed by atoms with van der Waals surface area (Å²) < 4.78 is 17.3. The molecule has 0 bridgehead atoms. The van der Waals surface area contributed by atoms with Crippen LogP contribution in [0.1, 0.15) is 194 Å². The Labute approximate surface area is 386 Å². The van der Waals surface area contributed by atoms with Crippen molar-refractivity contribution in [2.24, 2.45) is 0 Å². The number of nitrogens with zero attached hydrogens (tertiary/aromatic N) is 1. The number of ether oxygens (including phenoxy) is 3. The standard InChI is InChI=1S/C55H93NO7/c1-6-8-10-12-14-16-18-20-22-24-26-27-28-30-31-33-35-37-39-41-43-45-53(57)62-50-51(49-61-48-47-52(55(59)60)56(3,4)5)63-54(58)46-44-42-40-38-36-34-32-29-25-23-21-19-17-15-13-11-9-7-2/h8,10-11,13-17,19,21,23,25,29,32,51-52H,6-7,9,12,18,20,22,24,26-28,30-31,33-50H2,1-5H3/p+1/b10-8+,13-11+,16-14+,17-15+,21-19+,25-23+,32-29+. The number of unbranched alkanes of at least 4 members (excludes halogenated alkanes) is 20. The number of hydrogen-bond donors (Lipinski definition) is 1. The summed E-state index contributed by atoms with van der Waals surface area (Å²) in [6, 6.07) is -0.624. The Morgan fingerprint density at radius 3 is 1.44 bits per heavy atom. The number of rotatable bonds is 44. The Balaban J connectivity index is 4.29. The van der Waals surface area contributed by atoms with Crippen LogP contribution in [-0.2, 0) is 28.6 Å². The van der Waals surface area contributed by atoms with Crippen LogP contribution in [0.5, 0.6) is 0 Å². The molecule has 0 saturated carbocycles. The van der Waals surface area contributed by atoms with Gasteiger partial charge in [0.2, 0.25) is 0 Å². The molecule has 2 unspecified atom stereocenters. The zero-order chi connectivity index (χ0) is 46.3. The Morgan fingerprint density at radius 1 is 0.508 bits per heavy atom. The van der Waals surface area contributed by atoms with Crippen LogP contribution in [0.25, 0.3) is 0 Å². The van der Waals surface area contributed by atoms with Crippen LogP contribution in [0.2, 0.25) is 0 Å². The summed E-state index contributed by atoms with van der Waals surface area (Å²) in [5.74, 6) is -1.50. The van der Waals surface area contributed by atoms with Crippen molar-refractivity contribution in [1.82, 2.24) is 0 Å². The van der Waals surface area contributed by atoms with E-state index in [0.29, 0.717) is 19.3 Å². The maximum Gasteiger partial charge on any atom is 0.362 e. The number of quaternary nitrogens is 1. The number of carboxylic acid groups (broad SMARTS) is 1. The van der Waals surface area contributed by atoms with Crippen molar-refractivity contribution in [3.63, 3.8) is 0 Å². The van der Waals surface area contributed by atoms with Gasteiger partial charge in [0.05, 0.1) is 34.4 Å². The van der Waals surface area contributed by atoms with E-state index < -0.39 is 18.1 Å². The normalized spacial score (nSPS) is 13.6. The van der Waals surface area contributed by atoms with Crippen LogP contribution in [0, 0.1) is 0 Å². The highest BCUT2D eigenvalue weighted by Gasteiger charge is 2.31. The summed E-state index contributed by atoms with van der Waals surface area (Å²) in [7, 11) is 5.52. The molecular weight excluding hydrogens is 787 g/mol. The lowest BCUT2D eigenvalue weighted by molar-refractivity contribution is -0.887. The first kappa shape index (κ1) is 59.5. The molecule has 2 atom stereocenters. The molecule has 0 aromatic carbocycles. The lowest BCUT2D eigenvalue weighted by atomic mass is 10.0. The molecule has 360 valence electrons. The van der Waals surface area contributed by atoms with Crippen molar-refractivity contribution in [1.29, 1.82) is 0 Å². The monoisotopic (exact) mass is 881 g/mol. The maximum absolute atomic E-state index is 12.8. The van der Waals surface area contributed by atoms with E-state index >= 15 is 0 Å². The average Bonchev–Trinajstić information content (AvgIpc) is 3.24. The average molecular weight is 881 g/mol. The topological polar surface area (TPSA) is 99.1 Å². The van der Waals surface area contributed by atoms with Gasteiger partial charge in [-0.2, -0.15) is 0 Å². The van der Waals surface area contributed by atoms with Gasteiger partial charge in [-0.25, -0.2) is 4.79 Å². The van der Waals surface area contributed by atoms with E-state index in [4.69, 9.17) is 14.2 Å². The highest BCUT2D eigenvalue weighted by Crippen LogP contribution is 2.15. The third-order valence-electron chi connectivity index (χ3n) is 10.9. The molecule has 1 N–H and O–H groups in total. The van der Waals surface area contributed by atoms with Gasteiger partial charge in [-0.15, -0.1) is 0 Å². The fourth-order valence-electron chi connectivity index (χ4n) is 7.04. The molecule has 0 fully saturated rings. The molecule has 0 heterocycles. The quantitative estimate of drug-likeness (QED) is 0.0214. The van der Waals surface area contributed by atoms with Crippen molar-refractivity contribution in [3.05, 3.63) is 85.1 Å². The van der Waals surface area contributed by atoms with Gasteiger partial charge in [0.15, 0.2) is 12.1 Å². The summed E-state index contributed by atoms with van der Waals surface area (Å²) in [5, 5.41) is 9.65. The van der Waals surface area contributed by atoms with Crippen molar-refractivity contribution in [2.75, 3.05) is 41.0 Å². The van der Waals surface area contributed by atoms with Gasteiger partial charge in [0.25, 0.3) is 0 Å². The SMILES string of the molecule is CC/C=C/C/C=C/CCCCCCCCCCCCCCCCC(=O)OCC(COCCC(C(=O)O)[N+](C)(C)C)OC(=O)CCCCCCC/C=C/C=C/C=C/C=C/C=C/CCC. The first-order valence-electron chi connectivity index (χ1n) is 25.2. The van der Waals surface area contributed by atoms with Gasteiger partial charge in [-0.3, -0.25) is 9.59 Å². The number of hydrogen-bond acceptors (Lipinski definition) is 6. The fraction of sp³-hybridized carbons (Fsp3) is 0.691. The molecule has 0 aliphatic rings. The maximum atomic E-state index is 12.8. The lowest BCUT2D eigenvalue weighted by Gasteiger charge is -2.31. The number of carbonyl (C=O) groups is 3. The van der Waals surface area contributed by atoms with Crippen LogP contribution in [0.3, 0.4) is 0 Å². The molecule has 0 saturated heterocycles. The van der Waals surface area contributed by atoms with E-state index in [1.165, 1.54) is 83.5 Å². The van der Waals surface area contributed by atoms with Crippen molar-refractivity contribution in [3.8, 4) is 0 Å². The largest absolute Gasteiger partial charge is 0.477 e. The second kappa shape index (κ2) is 45.1. The van der Waals surface area contributed by atoms with Crippen LogP contribution in [0.15, 0.2) is 85.1 Å². The van der Waals surface area contributed by atoms with Gasteiger partial charge in [0, 0.05) is 19.3 Å². The van der Waals surface area contributed by atoms with Crippen LogP contribution in [-0.4, -0.2) is 80.6 Å². The Bertz CT molecular complexity index is 1300. The molecule has 8 nitrogen and oxygen atoms in total. The minimum Gasteiger partial charge on any atom is -0.477 e. The van der Waals surface area contributed by atoms with Gasteiger partial charge in [-0.1, -0.05) is 202 Å². The van der Waals surface area contributed by atoms with Gasteiger partial charge in [-0.05, 0) is 57.8 Å². The van der Waals surface area contributed by atoms with E-state index in [0.717, 1.165) is 77.0 Å². The Morgan fingerprint density at radius 2 is 0.952 bits per heavy atom. The van der Waals surface area contributed by atoms with Gasteiger partial charge in [0.1, 0.15) is 6.61 Å². The predicted octanol–water partition coefficient (Wildman–Crippen LogP) is 14.5. The summed E-state index contributed by atoms with van der Waals surface area (Å²) in [4.78, 5) is 37.2. The summed E-state index contributed by atoms with van der Waals surface area (Å²) in [5.41, 5.74) is 0. The molecule has 0 radical (unpaired) electrons. The third-order valence-corrected chi connectivity index (χ3v) is 10.9. The summed E-state index contributed by atoms with van der Waals surface area (Å²) in [6.07, 6.45) is 59.1. The number of carbonyl (C=O) groups excluding carboxylic acids is 2. The van der Waals surface area contributed by atoms with E-state index in [1.807, 2.05) is 57.6 Å². The van der Waals surface area contributed by atoms with Crippen LogP contribution >= 0.6 is 0 Å². The fourth-order valence-corrected chi connectivity index (χ4v) is 7.04. The van der Waals surface area contributed by atoms with Crippen LogP contribution < -0.4 is 0 Å². The van der Waals surface area contributed by atoms with Gasteiger partial charge < -0.3 is 23.8 Å². The zero-order valence-electron chi connectivity index (χ0n) is 41.0. The second-order valence-electron chi connectivity index (χ2n) is 17.8. The predicted molar refractivity (Wildman–Crippen MR) is 266 cm³/mol. The molecule has 0 spiro atoms. The highest BCUT2D eigenvalue weighted by atomic mass is 16.6. The summed E-state index contributed by atoms with van der Waals surface area (Å²) >= 11 is 0. The van der Waals surface area contributed by atoms with E-state index in [-0.39, 0.29) is 36.2 Å². The number of likely N-dealkylation sites (N-methyl/N-ethyl adjacent to an activating group) is 1. The zero-order valence-corrected chi connectivity index (χ0v) is 41.0. The van der Waals surface area contributed by atoms with Crippen molar-refractivity contribution in [2.45, 2.75) is 206 Å². The Kier molecular flexibility index (Phi) is 42.6. The molecular formula is C55H94NO7+. The molecule has 0 aromatic heterocycles. The van der Waals surface area contributed by atoms with E-state index in [1.54, 1.807) is 0 Å². The minimum absolute atomic E-state index is 0.0467. The first-order valence-corrected chi connectivity index (χ1v) is 25.2. The number of aliphatic carboxylic acids is 1. The molecule has 0 aliphatic carbocycles. The number of carboxylic acids is 1. The smallest absolute Gasteiger partial charge is 0.362 e. The molecule has 0 amide bonds. The van der Waals surface area contributed by atoms with E-state index in [9.17, 15) is 19.5 Å². The molecule has 0 aromatic rings. The first-order chi connectivity index (χ1) is 30.6. The molecule has 0 aliphatic heterocycles. The molecule has 63 heavy (non-hydrogen) atoms. The third kappa shape index (κ3) is 43.5. The number of esters is 2. The van der Waals surface area contributed by atoms with Crippen LogP contribution in [0.4, 0.5) is 0 Å². The highest BCUT2D eigenvalue weighted by molar-refractivity contribution is 5.72. The molecule has 8 heteroatoms. The molecule has 0 rings (SSSR count). The van der Waals surface area contributed by atoms with E-state index in [2.05, 4.69) is 62.5 Å².